The van der Waals surface area contributed by atoms with Crippen molar-refractivity contribution in [2.24, 2.45) is 0 Å². The number of thioether (sulfide) groups is 1. The average molecular weight is 459 g/mol. The van der Waals surface area contributed by atoms with Gasteiger partial charge in [0.25, 0.3) is 5.91 Å². The van der Waals surface area contributed by atoms with Gasteiger partial charge in [0.15, 0.2) is 5.13 Å². The molecule has 1 unspecified atom stereocenters. The lowest BCUT2D eigenvalue weighted by molar-refractivity contribution is 0.0917. The summed E-state index contributed by atoms with van der Waals surface area (Å²) in [7, 11) is 3.25. The summed E-state index contributed by atoms with van der Waals surface area (Å²) in [5.74, 6) is 2.28. The molecule has 2 heterocycles. The van der Waals surface area contributed by atoms with Crippen LogP contribution in [0.5, 0.6) is 11.5 Å². The van der Waals surface area contributed by atoms with Crippen LogP contribution in [0.2, 0.25) is 0 Å². The monoisotopic (exact) mass is 458 g/mol. The Balaban J connectivity index is 1.73. The summed E-state index contributed by atoms with van der Waals surface area (Å²) in [6.45, 7) is 3.31. The van der Waals surface area contributed by atoms with Gasteiger partial charge in [-0.15, -0.1) is 11.8 Å². The van der Waals surface area contributed by atoms with E-state index >= 15 is 0 Å². The molecule has 8 heteroatoms. The Morgan fingerprint density at radius 1 is 1.19 bits per heavy atom. The van der Waals surface area contributed by atoms with Crippen molar-refractivity contribution >= 4 is 44.4 Å². The van der Waals surface area contributed by atoms with Gasteiger partial charge < -0.3 is 14.2 Å². The number of hydrogen-bond acceptors (Lipinski definition) is 7. The quantitative estimate of drug-likeness (QED) is 0.430. The molecule has 1 amide bonds. The van der Waals surface area contributed by atoms with Crippen LogP contribution in [0.15, 0.2) is 41.3 Å². The zero-order chi connectivity index (χ0) is 21.8. The normalized spacial score (nSPS) is 15.9. The van der Waals surface area contributed by atoms with Crippen LogP contribution in [-0.2, 0) is 4.74 Å². The van der Waals surface area contributed by atoms with Gasteiger partial charge in [0.1, 0.15) is 21.7 Å². The number of aromatic nitrogens is 1. The maximum Gasteiger partial charge on any atom is 0.260 e. The van der Waals surface area contributed by atoms with Crippen LogP contribution in [0.25, 0.3) is 10.2 Å². The first-order valence-corrected chi connectivity index (χ1v) is 12.1. The van der Waals surface area contributed by atoms with Crippen LogP contribution in [-0.4, -0.2) is 50.1 Å². The van der Waals surface area contributed by atoms with Crippen LogP contribution in [0.1, 0.15) is 30.1 Å². The highest BCUT2D eigenvalue weighted by atomic mass is 32.2. The fraction of sp³-hybridized carbons (Fsp3) is 0.391. The van der Waals surface area contributed by atoms with Crippen molar-refractivity contribution in [3.8, 4) is 11.5 Å². The lowest BCUT2D eigenvalue weighted by atomic mass is 10.2. The van der Waals surface area contributed by atoms with Crippen molar-refractivity contribution in [1.82, 2.24) is 4.98 Å². The van der Waals surface area contributed by atoms with Crippen molar-refractivity contribution < 1.29 is 19.0 Å². The van der Waals surface area contributed by atoms with Crippen molar-refractivity contribution in [1.29, 1.82) is 0 Å². The third kappa shape index (κ3) is 4.66. The first-order chi connectivity index (χ1) is 15.1. The standard InChI is InChI=1S/C23H26N2O4S2/c1-4-30-17-9-7-15(8-10-17)22(26)25(14-16-6-5-13-29-16)23-24-20-18(27-2)11-12-19(28-3)21(20)31-23/h7-12,16H,4-6,13-14H2,1-3H3. The van der Waals surface area contributed by atoms with E-state index in [0.717, 1.165) is 34.8 Å². The molecule has 0 bridgehead atoms. The minimum atomic E-state index is -0.0828. The number of carbonyl (C=O) groups excluding carboxylic acids is 1. The van der Waals surface area contributed by atoms with Crippen LogP contribution >= 0.6 is 23.1 Å². The second-order valence-corrected chi connectivity index (χ2v) is 9.47. The van der Waals surface area contributed by atoms with Crippen molar-refractivity contribution in [2.45, 2.75) is 30.8 Å². The lowest BCUT2D eigenvalue weighted by Crippen LogP contribution is -2.37. The molecule has 0 saturated carbocycles. The minimum Gasteiger partial charge on any atom is -0.495 e. The second-order valence-electron chi connectivity index (χ2n) is 7.15. The van der Waals surface area contributed by atoms with E-state index in [0.29, 0.717) is 34.3 Å². The Morgan fingerprint density at radius 2 is 1.94 bits per heavy atom. The molecule has 1 aromatic heterocycles. The van der Waals surface area contributed by atoms with Crippen LogP contribution < -0.4 is 14.4 Å². The Labute approximate surface area is 190 Å². The van der Waals surface area contributed by atoms with Gasteiger partial charge in [-0.3, -0.25) is 9.69 Å². The zero-order valence-corrected chi connectivity index (χ0v) is 19.6. The molecule has 1 saturated heterocycles. The number of carbonyl (C=O) groups is 1. The Kier molecular flexibility index (Phi) is 6.99. The second kappa shape index (κ2) is 9.89. The fourth-order valence-electron chi connectivity index (χ4n) is 3.65. The summed E-state index contributed by atoms with van der Waals surface area (Å²) in [5.41, 5.74) is 1.33. The molecule has 0 radical (unpaired) electrons. The van der Waals surface area contributed by atoms with Crippen LogP contribution in [0.3, 0.4) is 0 Å². The first-order valence-electron chi connectivity index (χ1n) is 10.3. The number of benzene rings is 2. The molecule has 0 aliphatic carbocycles. The van der Waals surface area contributed by atoms with Gasteiger partial charge in [-0.05, 0) is 55.0 Å². The number of methoxy groups -OCH3 is 2. The maximum absolute atomic E-state index is 13.6. The SMILES string of the molecule is CCSc1ccc(C(=O)N(CC2CCCO2)c2nc3c(OC)ccc(OC)c3s2)cc1. The molecular formula is C23H26N2O4S2. The van der Waals surface area contributed by atoms with Crippen LogP contribution in [0, 0.1) is 0 Å². The smallest absolute Gasteiger partial charge is 0.260 e. The number of amides is 1. The largest absolute Gasteiger partial charge is 0.495 e. The highest BCUT2D eigenvalue weighted by Crippen LogP contribution is 2.40. The molecule has 1 atom stereocenters. The first kappa shape index (κ1) is 21.9. The Hall–Kier alpha value is -2.29. The number of nitrogens with zero attached hydrogens (tertiary/aromatic N) is 2. The lowest BCUT2D eigenvalue weighted by Gasteiger charge is -2.23. The van der Waals surface area contributed by atoms with E-state index in [1.807, 2.05) is 36.4 Å². The molecule has 3 aromatic rings. The number of anilines is 1. The number of ether oxygens (including phenoxy) is 3. The molecule has 0 spiro atoms. The summed E-state index contributed by atoms with van der Waals surface area (Å²) >= 11 is 3.19. The predicted molar refractivity (Wildman–Crippen MR) is 126 cm³/mol. The summed E-state index contributed by atoms with van der Waals surface area (Å²) in [6.07, 6.45) is 1.96. The molecule has 1 fully saturated rings. The maximum atomic E-state index is 13.6. The van der Waals surface area contributed by atoms with Gasteiger partial charge in [0.05, 0.1) is 26.9 Å². The number of fused-ring (bicyclic) bond motifs is 1. The van der Waals surface area contributed by atoms with E-state index in [-0.39, 0.29) is 12.0 Å². The molecular weight excluding hydrogens is 432 g/mol. The van der Waals surface area contributed by atoms with Crippen molar-refractivity contribution in [3.63, 3.8) is 0 Å². The van der Waals surface area contributed by atoms with Gasteiger partial charge >= 0.3 is 0 Å². The van der Waals surface area contributed by atoms with E-state index in [2.05, 4.69) is 6.92 Å². The van der Waals surface area contributed by atoms with Crippen molar-refractivity contribution in [3.05, 3.63) is 42.0 Å². The van der Waals surface area contributed by atoms with E-state index in [1.54, 1.807) is 30.9 Å². The van der Waals surface area contributed by atoms with Gasteiger partial charge in [0.2, 0.25) is 0 Å². The average Bonchev–Trinajstić information content (AvgIpc) is 3.47. The highest BCUT2D eigenvalue weighted by Gasteiger charge is 2.28. The van der Waals surface area contributed by atoms with E-state index in [9.17, 15) is 4.79 Å². The number of hydrogen-bond donors (Lipinski definition) is 0. The fourth-order valence-corrected chi connectivity index (χ4v) is 5.39. The highest BCUT2D eigenvalue weighted by molar-refractivity contribution is 7.99. The van der Waals surface area contributed by atoms with E-state index < -0.39 is 0 Å². The molecule has 4 rings (SSSR count). The Morgan fingerprint density at radius 3 is 2.58 bits per heavy atom. The molecule has 1 aliphatic rings. The molecule has 0 N–H and O–H groups in total. The van der Waals surface area contributed by atoms with Crippen LogP contribution in [0.4, 0.5) is 5.13 Å². The zero-order valence-electron chi connectivity index (χ0n) is 17.9. The third-order valence-electron chi connectivity index (χ3n) is 5.20. The van der Waals surface area contributed by atoms with Crippen molar-refractivity contribution in [2.75, 3.05) is 38.0 Å². The summed E-state index contributed by atoms with van der Waals surface area (Å²) in [4.78, 5) is 21.2. The minimum absolute atomic E-state index is 0.00896. The molecule has 164 valence electrons. The molecule has 31 heavy (non-hydrogen) atoms. The molecule has 1 aliphatic heterocycles. The van der Waals surface area contributed by atoms with Gasteiger partial charge in [-0.25, -0.2) is 4.98 Å². The third-order valence-corrected chi connectivity index (χ3v) is 7.18. The summed E-state index contributed by atoms with van der Waals surface area (Å²) < 4.78 is 17.7. The summed E-state index contributed by atoms with van der Waals surface area (Å²) in [5, 5.41) is 0.616. The number of thiazole rings is 1. The number of rotatable bonds is 8. The Bertz CT molecular complexity index is 1000. The van der Waals surface area contributed by atoms with Gasteiger partial charge in [-0.1, -0.05) is 18.3 Å². The summed E-state index contributed by atoms with van der Waals surface area (Å²) in [6, 6.07) is 11.5. The van der Waals surface area contributed by atoms with Gasteiger partial charge in [0, 0.05) is 17.1 Å². The molecule has 2 aromatic carbocycles. The van der Waals surface area contributed by atoms with E-state index in [4.69, 9.17) is 19.2 Å². The van der Waals surface area contributed by atoms with E-state index in [1.165, 1.54) is 11.3 Å². The topological polar surface area (TPSA) is 60.9 Å². The predicted octanol–water partition coefficient (Wildman–Crippen LogP) is 5.25. The van der Waals surface area contributed by atoms with Gasteiger partial charge in [-0.2, -0.15) is 0 Å². The molecule has 6 nitrogen and oxygen atoms in total.